The zero-order valence-corrected chi connectivity index (χ0v) is 12.6. The van der Waals surface area contributed by atoms with Gasteiger partial charge in [-0.15, -0.1) is 0 Å². The number of rotatable bonds is 1. The van der Waals surface area contributed by atoms with Gasteiger partial charge in [0.2, 0.25) is 5.91 Å². The van der Waals surface area contributed by atoms with Gasteiger partial charge in [0.05, 0.1) is 6.04 Å². The lowest BCUT2D eigenvalue weighted by atomic mass is 9.87. The van der Waals surface area contributed by atoms with Crippen LogP contribution < -0.4 is 0 Å². The highest BCUT2D eigenvalue weighted by Gasteiger charge is 2.57. The lowest BCUT2D eigenvalue weighted by Crippen LogP contribution is -2.37. The smallest absolute Gasteiger partial charge is 0.236 e. The van der Waals surface area contributed by atoms with Crippen LogP contribution in [0.5, 0.6) is 0 Å². The summed E-state index contributed by atoms with van der Waals surface area (Å²) in [6, 6.07) is 18.2. The third kappa shape index (κ3) is 1.72. The van der Waals surface area contributed by atoms with Crippen molar-refractivity contribution < 1.29 is 9.63 Å². The predicted octanol–water partition coefficient (Wildman–Crippen LogP) is 2.55. The molecule has 0 bridgehead atoms. The van der Waals surface area contributed by atoms with E-state index in [0.717, 1.165) is 24.2 Å². The van der Waals surface area contributed by atoms with Crippen molar-refractivity contribution in [2.45, 2.75) is 18.6 Å². The Balaban J connectivity index is 1.58. The zero-order chi connectivity index (χ0) is 15.4. The van der Waals surface area contributed by atoms with Crippen molar-refractivity contribution >= 4 is 11.6 Å². The molecule has 3 atom stereocenters. The average Bonchev–Trinajstić information content (AvgIpc) is 3.16. The molecular weight excluding hydrogens is 288 g/mol. The van der Waals surface area contributed by atoms with Crippen LogP contribution in [-0.4, -0.2) is 29.2 Å². The van der Waals surface area contributed by atoms with Crippen molar-refractivity contribution in [2.75, 3.05) is 6.54 Å². The van der Waals surface area contributed by atoms with E-state index in [1.165, 1.54) is 11.1 Å². The minimum atomic E-state index is -0.284. The molecule has 114 valence electrons. The monoisotopic (exact) mass is 304 g/mol. The van der Waals surface area contributed by atoms with E-state index in [0.29, 0.717) is 0 Å². The molecule has 2 aromatic carbocycles. The highest BCUT2D eigenvalue weighted by atomic mass is 16.6. The second-order valence-corrected chi connectivity index (χ2v) is 6.32. The molecule has 0 aliphatic carbocycles. The molecule has 3 aliphatic heterocycles. The molecule has 0 saturated carbocycles. The molecule has 2 aromatic rings. The number of fused-ring (bicyclic) bond motifs is 5. The van der Waals surface area contributed by atoms with Gasteiger partial charge >= 0.3 is 0 Å². The zero-order valence-electron chi connectivity index (χ0n) is 12.6. The highest BCUT2D eigenvalue weighted by molar-refractivity contribution is 6.15. The molecular formula is C19H16N2O2. The first-order valence-electron chi connectivity index (χ1n) is 8.02. The maximum absolute atomic E-state index is 13.0. The fraction of sp³-hybridized carbons (Fsp3) is 0.263. The van der Waals surface area contributed by atoms with Gasteiger partial charge in [-0.05, 0) is 17.5 Å². The van der Waals surface area contributed by atoms with Crippen molar-refractivity contribution in [2.24, 2.45) is 11.1 Å². The van der Waals surface area contributed by atoms with Crippen molar-refractivity contribution in [3.05, 3.63) is 71.3 Å². The topological polar surface area (TPSA) is 41.9 Å². The van der Waals surface area contributed by atoms with Gasteiger partial charge in [-0.2, -0.15) is 0 Å². The van der Waals surface area contributed by atoms with E-state index in [1.807, 2.05) is 41.3 Å². The van der Waals surface area contributed by atoms with Crippen LogP contribution in [0, 0.1) is 5.92 Å². The molecule has 0 radical (unpaired) electrons. The molecule has 1 fully saturated rings. The van der Waals surface area contributed by atoms with Gasteiger partial charge in [-0.25, -0.2) is 0 Å². The Morgan fingerprint density at radius 1 is 1.04 bits per heavy atom. The van der Waals surface area contributed by atoms with Crippen LogP contribution in [0.1, 0.15) is 22.7 Å². The number of nitrogens with zero attached hydrogens (tertiary/aromatic N) is 2. The second kappa shape index (κ2) is 4.69. The van der Waals surface area contributed by atoms with Gasteiger partial charge < -0.3 is 9.74 Å². The van der Waals surface area contributed by atoms with E-state index in [1.54, 1.807) is 0 Å². The van der Waals surface area contributed by atoms with Crippen LogP contribution in [0.2, 0.25) is 0 Å². The van der Waals surface area contributed by atoms with Gasteiger partial charge in [0.25, 0.3) is 0 Å². The van der Waals surface area contributed by atoms with E-state index in [-0.39, 0.29) is 24.0 Å². The molecule has 0 aromatic heterocycles. The third-order valence-electron chi connectivity index (χ3n) is 5.16. The minimum absolute atomic E-state index is 0.0117. The van der Waals surface area contributed by atoms with Gasteiger partial charge in [0, 0.05) is 12.1 Å². The third-order valence-corrected chi connectivity index (χ3v) is 5.16. The Bertz CT molecular complexity index is 815. The van der Waals surface area contributed by atoms with Crippen LogP contribution in [0.3, 0.4) is 0 Å². The first-order valence-corrected chi connectivity index (χ1v) is 8.02. The first kappa shape index (κ1) is 12.9. The number of amides is 1. The molecule has 0 unspecified atom stereocenters. The molecule has 0 spiro atoms. The van der Waals surface area contributed by atoms with Gasteiger partial charge in [-0.3, -0.25) is 4.79 Å². The molecule has 5 rings (SSSR count). The molecule has 0 N–H and O–H groups in total. The Hall–Kier alpha value is -2.62. The average molecular weight is 304 g/mol. The lowest BCUT2D eigenvalue weighted by Gasteiger charge is -2.33. The second-order valence-electron chi connectivity index (χ2n) is 6.32. The normalized spacial score (nSPS) is 27.8. The number of hydrogen-bond acceptors (Lipinski definition) is 3. The maximum Gasteiger partial charge on any atom is 0.236 e. The summed E-state index contributed by atoms with van der Waals surface area (Å²) >= 11 is 0. The molecule has 4 heteroatoms. The van der Waals surface area contributed by atoms with E-state index >= 15 is 0 Å². The number of hydrogen-bond donors (Lipinski definition) is 0. The van der Waals surface area contributed by atoms with Crippen LogP contribution in [-0.2, 0) is 16.1 Å². The highest BCUT2D eigenvalue weighted by Crippen LogP contribution is 2.46. The van der Waals surface area contributed by atoms with E-state index < -0.39 is 0 Å². The number of benzene rings is 2. The largest absolute Gasteiger partial charge is 0.388 e. The Morgan fingerprint density at radius 2 is 1.83 bits per heavy atom. The summed E-state index contributed by atoms with van der Waals surface area (Å²) in [5.41, 5.74) is 4.28. The lowest BCUT2D eigenvalue weighted by molar-refractivity contribution is -0.130. The Labute approximate surface area is 134 Å². The number of carbonyl (C=O) groups excluding carboxylic acids is 1. The Kier molecular flexibility index (Phi) is 2.62. The van der Waals surface area contributed by atoms with Crippen molar-refractivity contribution in [3.63, 3.8) is 0 Å². The fourth-order valence-corrected chi connectivity index (χ4v) is 4.11. The fourth-order valence-electron chi connectivity index (χ4n) is 4.11. The summed E-state index contributed by atoms with van der Waals surface area (Å²) in [7, 11) is 0. The summed E-state index contributed by atoms with van der Waals surface area (Å²) in [5, 5.41) is 4.27. The number of oxime groups is 1. The molecule has 1 amide bonds. The van der Waals surface area contributed by atoms with Crippen molar-refractivity contribution in [1.29, 1.82) is 0 Å². The summed E-state index contributed by atoms with van der Waals surface area (Å²) in [6.07, 6.45) is 0.703. The van der Waals surface area contributed by atoms with Gasteiger partial charge in [-0.1, -0.05) is 59.8 Å². The maximum atomic E-state index is 13.0. The minimum Gasteiger partial charge on any atom is -0.388 e. The van der Waals surface area contributed by atoms with E-state index in [9.17, 15) is 4.79 Å². The summed E-state index contributed by atoms with van der Waals surface area (Å²) < 4.78 is 0. The predicted molar refractivity (Wildman–Crippen MR) is 85.9 cm³/mol. The van der Waals surface area contributed by atoms with E-state index in [4.69, 9.17) is 4.84 Å². The van der Waals surface area contributed by atoms with Crippen molar-refractivity contribution in [1.82, 2.24) is 4.90 Å². The summed E-state index contributed by atoms with van der Waals surface area (Å²) in [6.45, 7) is 0.763. The summed E-state index contributed by atoms with van der Waals surface area (Å²) in [4.78, 5) is 20.7. The Morgan fingerprint density at radius 3 is 2.70 bits per heavy atom. The van der Waals surface area contributed by atoms with Crippen LogP contribution in [0.4, 0.5) is 0 Å². The molecule has 4 nitrogen and oxygen atoms in total. The van der Waals surface area contributed by atoms with Gasteiger partial charge in [0.1, 0.15) is 11.6 Å². The van der Waals surface area contributed by atoms with Crippen LogP contribution >= 0.6 is 0 Å². The molecule has 1 saturated heterocycles. The number of carbonyl (C=O) groups is 1. The molecule has 3 aliphatic rings. The first-order chi connectivity index (χ1) is 11.3. The van der Waals surface area contributed by atoms with E-state index in [2.05, 4.69) is 23.4 Å². The van der Waals surface area contributed by atoms with Crippen LogP contribution in [0.25, 0.3) is 0 Å². The standard InChI is InChI=1S/C19H16N2O2/c22-19-15-16(13-7-2-1-3-8-13)20-23-18(15)17-14-9-5-4-6-12(14)10-11-21(17)19/h1-9,15,17-18H,10-11H2/t15-,17+,18+/m1/s1. The molecule has 3 heterocycles. The quantitative estimate of drug-likeness (QED) is 0.812. The summed E-state index contributed by atoms with van der Waals surface area (Å²) in [5.74, 6) is -0.136. The van der Waals surface area contributed by atoms with Crippen molar-refractivity contribution in [3.8, 4) is 0 Å². The SMILES string of the molecule is O=C1[C@@H]2C(c3ccccc3)=NO[C@@H]2[C@@H]2c3ccccc3CCN12. The van der Waals surface area contributed by atoms with Crippen LogP contribution in [0.15, 0.2) is 59.8 Å². The van der Waals surface area contributed by atoms with Gasteiger partial charge in [0.15, 0.2) is 6.10 Å². The molecule has 23 heavy (non-hydrogen) atoms.